The fourth-order valence-electron chi connectivity index (χ4n) is 3.15. The Kier molecular flexibility index (Phi) is 5.62. The van der Waals surface area contributed by atoms with E-state index in [1.807, 2.05) is 53.4 Å². The van der Waals surface area contributed by atoms with Crippen LogP contribution in [0.1, 0.15) is 17.0 Å². The molecule has 3 rings (SSSR count). The molecule has 1 unspecified atom stereocenters. The molecule has 1 saturated heterocycles. The van der Waals surface area contributed by atoms with Gasteiger partial charge in [-0.2, -0.15) is 0 Å². The summed E-state index contributed by atoms with van der Waals surface area (Å²) in [5.41, 5.74) is 2.30. The zero-order chi connectivity index (χ0) is 16.8. The van der Waals surface area contributed by atoms with Gasteiger partial charge in [0.15, 0.2) is 0 Å². The van der Waals surface area contributed by atoms with Crippen LogP contribution in [0.25, 0.3) is 0 Å². The normalized spacial score (nSPS) is 21.5. The second-order valence-corrected chi connectivity index (χ2v) is 6.08. The van der Waals surface area contributed by atoms with Gasteiger partial charge in [0.05, 0.1) is 12.7 Å². The third-order valence-corrected chi connectivity index (χ3v) is 4.41. The fraction of sp³-hybridized carbons (Fsp3) is 0.350. The van der Waals surface area contributed by atoms with Crippen LogP contribution in [0.3, 0.4) is 0 Å². The molecule has 4 nitrogen and oxygen atoms in total. The van der Waals surface area contributed by atoms with Crippen molar-refractivity contribution < 1.29 is 14.3 Å². The lowest BCUT2D eigenvalue weighted by Gasteiger charge is -2.28. The number of amides is 1. The Morgan fingerprint density at radius 3 is 2.42 bits per heavy atom. The highest BCUT2D eigenvalue weighted by Gasteiger charge is 2.32. The van der Waals surface area contributed by atoms with Gasteiger partial charge in [0.1, 0.15) is 6.61 Å². The van der Waals surface area contributed by atoms with E-state index in [-0.39, 0.29) is 24.5 Å². The van der Waals surface area contributed by atoms with Gasteiger partial charge in [-0.1, -0.05) is 60.7 Å². The molecule has 1 amide bonds. The first-order chi connectivity index (χ1) is 11.8. The van der Waals surface area contributed by atoms with Crippen molar-refractivity contribution in [2.75, 3.05) is 26.9 Å². The van der Waals surface area contributed by atoms with Crippen molar-refractivity contribution in [3.63, 3.8) is 0 Å². The van der Waals surface area contributed by atoms with Gasteiger partial charge in [0.25, 0.3) is 0 Å². The van der Waals surface area contributed by atoms with Crippen LogP contribution in [0, 0.1) is 0 Å². The molecule has 24 heavy (non-hydrogen) atoms. The summed E-state index contributed by atoms with van der Waals surface area (Å²) in [7, 11) is 1.67. The van der Waals surface area contributed by atoms with Crippen LogP contribution in [-0.2, 0) is 20.8 Å². The third-order valence-electron chi connectivity index (χ3n) is 4.41. The van der Waals surface area contributed by atoms with Crippen molar-refractivity contribution >= 4 is 5.91 Å². The molecule has 126 valence electrons. The Morgan fingerprint density at radius 1 is 1.08 bits per heavy atom. The average Bonchev–Trinajstić information content (AvgIpc) is 2.77. The van der Waals surface area contributed by atoms with Crippen LogP contribution in [0.2, 0.25) is 0 Å². The predicted octanol–water partition coefficient (Wildman–Crippen LogP) is 2.84. The van der Waals surface area contributed by atoms with Gasteiger partial charge in [0, 0.05) is 26.1 Å². The van der Waals surface area contributed by atoms with Crippen molar-refractivity contribution in [3.05, 3.63) is 71.8 Å². The molecule has 2 aromatic rings. The van der Waals surface area contributed by atoms with E-state index in [1.165, 1.54) is 5.56 Å². The van der Waals surface area contributed by atoms with E-state index >= 15 is 0 Å². The monoisotopic (exact) mass is 325 g/mol. The molecule has 0 N–H and O–H groups in total. The lowest BCUT2D eigenvalue weighted by atomic mass is 9.93. The molecule has 0 spiro atoms. The summed E-state index contributed by atoms with van der Waals surface area (Å²) in [4.78, 5) is 14.4. The summed E-state index contributed by atoms with van der Waals surface area (Å²) >= 11 is 0. The number of nitrogens with zero attached hydrogens (tertiary/aromatic N) is 1. The number of methoxy groups -OCH3 is 1. The lowest BCUT2D eigenvalue weighted by molar-refractivity contribution is -0.135. The molecule has 1 aliphatic heterocycles. The Bertz CT molecular complexity index is 644. The Labute approximate surface area is 143 Å². The van der Waals surface area contributed by atoms with Crippen LogP contribution in [0.5, 0.6) is 0 Å². The van der Waals surface area contributed by atoms with Crippen molar-refractivity contribution in [1.29, 1.82) is 0 Å². The molecule has 0 aliphatic carbocycles. The highest BCUT2D eigenvalue weighted by Crippen LogP contribution is 2.27. The number of rotatable bonds is 5. The maximum Gasteiger partial charge on any atom is 0.248 e. The molecule has 0 radical (unpaired) electrons. The number of carbonyl (C=O) groups excluding carboxylic acids is 1. The Balaban J connectivity index is 1.84. The highest BCUT2D eigenvalue weighted by atomic mass is 16.5. The fourth-order valence-corrected chi connectivity index (χ4v) is 3.15. The van der Waals surface area contributed by atoms with Gasteiger partial charge < -0.3 is 14.4 Å². The number of ether oxygens (including phenoxy) is 2. The molecule has 4 heteroatoms. The van der Waals surface area contributed by atoms with Crippen molar-refractivity contribution in [2.45, 2.75) is 18.6 Å². The van der Waals surface area contributed by atoms with Gasteiger partial charge in [-0.05, 0) is 11.1 Å². The smallest absolute Gasteiger partial charge is 0.248 e. The molecule has 2 atom stereocenters. The van der Waals surface area contributed by atoms with E-state index in [0.717, 1.165) is 5.56 Å². The molecule has 1 fully saturated rings. The van der Waals surface area contributed by atoms with Crippen molar-refractivity contribution in [2.24, 2.45) is 0 Å². The molecular weight excluding hydrogens is 302 g/mol. The minimum absolute atomic E-state index is 0.0263. The second-order valence-electron chi connectivity index (χ2n) is 6.08. The maximum absolute atomic E-state index is 12.5. The largest absolute Gasteiger partial charge is 0.382 e. The predicted molar refractivity (Wildman–Crippen MR) is 92.7 cm³/mol. The van der Waals surface area contributed by atoms with Gasteiger partial charge >= 0.3 is 0 Å². The van der Waals surface area contributed by atoms with E-state index in [2.05, 4.69) is 12.1 Å². The first-order valence-corrected chi connectivity index (χ1v) is 8.25. The van der Waals surface area contributed by atoms with E-state index in [9.17, 15) is 4.79 Å². The maximum atomic E-state index is 12.5. The van der Waals surface area contributed by atoms with Crippen LogP contribution in [0.15, 0.2) is 60.7 Å². The summed E-state index contributed by atoms with van der Waals surface area (Å²) in [6.45, 7) is 1.81. The van der Waals surface area contributed by atoms with E-state index in [1.54, 1.807) is 7.11 Å². The Morgan fingerprint density at radius 2 is 1.75 bits per heavy atom. The summed E-state index contributed by atoms with van der Waals surface area (Å²) < 4.78 is 11.2. The van der Waals surface area contributed by atoms with Crippen molar-refractivity contribution in [1.82, 2.24) is 4.90 Å². The van der Waals surface area contributed by atoms with Gasteiger partial charge in [-0.3, -0.25) is 4.79 Å². The van der Waals surface area contributed by atoms with E-state index in [0.29, 0.717) is 19.7 Å². The molecular formula is C20H23NO3. The summed E-state index contributed by atoms with van der Waals surface area (Å²) in [5, 5.41) is 0. The quantitative estimate of drug-likeness (QED) is 0.848. The molecule has 1 heterocycles. The summed E-state index contributed by atoms with van der Waals surface area (Å²) in [6, 6.07) is 20.3. The second kappa shape index (κ2) is 8.08. The highest BCUT2D eigenvalue weighted by molar-refractivity contribution is 5.77. The van der Waals surface area contributed by atoms with Gasteiger partial charge in [-0.15, -0.1) is 0 Å². The van der Waals surface area contributed by atoms with E-state index in [4.69, 9.17) is 9.47 Å². The molecule has 1 aliphatic rings. The number of hydrogen-bond acceptors (Lipinski definition) is 3. The Hall–Kier alpha value is -2.17. The zero-order valence-electron chi connectivity index (χ0n) is 13.9. The van der Waals surface area contributed by atoms with Gasteiger partial charge in [-0.25, -0.2) is 0 Å². The van der Waals surface area contributed by atoms with Crippen LogP contribution in [0.4, 0.5) is 0 Å². The summed E-state index contributed by atoms with van der Waals surface area (Å²) in [6.07, 6.45) is -0.123. The number of carbonyl (C=O) groups is 1. The van der Waals surface area contributed by atoms with Crippen LogP contribution < -0.4 is 0 Å². The first-order valence-electron chi connectivity index (χ1n) is 8.25. The minimum atomic E-state index is -0.123. The van der Waals surface area contributed by atoms with E-state index < -0.39 is 0 Å². The minimum Gasteiger partial charge on any atom is -0.382 e. The zero-order valence-corrected chi connectivity index (χ0v) is 13.9. The first kappa shape index (κ1) is 16.7. The molecule has 0 aromatic heterocycles. The van der Waals surface area contributed by atoms with Crippen LogP contribution >= 0.6 is 0 Å². The van der Waals surface area contributed by atoms with Crippen LogP contribution in [-0.4, -0.2) is 43.8 Å². The number of benzene rings is 2. The third kappa shape index (κ3) is 4.02. The molecule has 2 aromatic carbocycles. The topological polar surface area (TPSA) is 38.8 Å². The van der Waals surface area contributed by atoms with Crippen molar-refractivity contribution in [3.8, 4) is 0 Å². The standard InChI is InChI=1S/C20H23NO3/c1-23-14-19-18(17-10-6-3-7-11-17)13-21(20(22)15-24-19)12-16-8-4-2-5-9-16/h2-11,18-19H,12-15H2,1H3/t18?,19-/m1/s1. The summed E-state index contributed by atoms with van der Waals surface area (Å²) in [5.74, 6) is 0.125. The lowest BCUT2D eigenvalue weighted by Crippen LogP contribution is -2.35. The molecule has 0 bridgehead atoms. The average molecular weight is 325 g/mol. The van der Waals surface area contributed by atoms with Gasteiger partial charge in [0.2, 0.25) is 5.91 Å². The number of hydrogen-bond donors (Lipinski definition) is 0. The molecule has 0 saturated carbocycles. The SMILES string of the molecule is COC[C@H]1OCC(=O)N(Cc2ccccc2)CC1c1ccccc1.